The lowest BCUT2D eigenvalue weighted by atomic mass is 9.64. The van der Waals surface area contributed by atoms with Crippen molar-refractivity contribution < 1.29 is 9.90 Å². The minimum atomic E-state index is -0.350. The van der Waals surface area contributed by atoms with Gasteiger partial charge in [-0.2, -0.15) is 0 Å². The second-order valence-electron chi connectivity index (χ2n) is 5.14. The van der Waals surface area contributed by atoms with Crippen molar-refractivity contribution in [2.24, 2.45) is 5.41 Å². The molecule has 0 bridgehead atoms. The van der Waals surface area contributed by atoms with Crippen LogP contribution >= 0.6 is 0 Å². The second-order valence-corrected chi connectivity index (χ2v) is 5.14. The van der Waals surface area contributed by atoms with Gasteiger partial charge in [-0.25, -0.2) is 4.98 Å². The van der Waals surface area contributed by atoms with Crippen LogP contribution < -0.4 is 5.32 Å². The largest absolute Gasteiger partial charge is 0.392 e. The number of aliphatic hydroxyl groups is 1. The molecule has 92 valence electrons. The van der Waals surface area contributed by atoms with E-state index >= 15 is 0 Å². The van der Waals surface area contributed by atoms with Gasteiger partial charge in [-0.3, -0.25) is 9.78 Å². The molecule has 2 rings (SSSR count). The molecule has 1 fully saturated rings. The molecule has 2 atom stereocenters. The fourth-order valence-corrected chi connectivity index (χ4v) is 1.89. The fourth-order valence-electron chi connectivity index (χ4n) is 1.89. The summed E-state index contributed by atoms with van der Waals surface area (Å²) < 4.78 is 0. The molecule has 0 radical (unpaired) electrons. The van der Waals surface area contributed by atoms with Crippen LogP contribution in [0.5, 0.6) is 0 Å². The molecule has 1 amide bonds. The van der Waals surface area contributed by atoms with Crippen molar-refractivity contribution in [3.63, 3.8) is 0 Å². The Morgan fingerprint density at radius 2 is 2.18 bits per heavy atom. The van der Waals surface area contributed by atoms with Crippen molar-refractivity contribution in [2.75, 3.05) is 0 Å². The number of nitrogens with zero attached hydrogens (tertiary/aromatic N) is 2. The lowest BCUT2D eigenvalue weighted by Gasteiger charge is -2.49. The second kappa shape index (κ2) is 4.07. The lowest BCUT2D eigenvalue weighted by Crippen LogP contribution is -2.61. The van der Waals surface area contributed by atoms with E-state index in [2.05, 4.69) is 15.3 Å². The van der Waals surface area contributed by atoms with Gasteiger partial charge in [0.25, 0.3) is 5.91 Å². The lowest BCUT2D eigenvalue weighted by molar-refractivity contribution is -0.0690. The van der Waals surface area contributed by atoms with Crippen LogP contribution in [0, 0.1) is 12.3 Å². The summed E-state index contributed by atoms with van der Waals surface area (Å²) in [5, 5.41) is 12.5. The van der Waals surface area contributed by atoms with E-state index in [0.717, 1.165) is 5.69 Å². The van der Waals surface area contributed by atoms with Crippen molar-refractivity contribution in [3.05, 3.63) is 23.8 Å². The average Bonchev–Trinajstić information content (AvgIpc) is 2.29. The van der Waals surface area contributed by atoms with Gasteiger partial charge in [-0.1, -0.05) is 13.8 Å². The van der Waals surface area contributed by atoms with Gasteiger partial charge in [0.1, 0.15) is 5.69 Å². The molecule has 0 spiro atoms. The highest BCUT2D eigenvalue weighted by Gasteiger charge is 2.48. The van der Waals surface area contributed by atoms with Crippen LogP contribution in [-0.2, 0) is 0 Å². The summed E-state index contributed by atoms with van der Waals surface area (Å²) in [5.74, 6) is -0.234. The number of hydrogen-bond acceptors (Lipinski definition) is 4. The van der Waals surface area contributed by atoms with E-state index in [1.165, 1.54) is 6.20 Å². The summed E-state index contributed by atoms with van der Waals surface area (Å²) in [6.45, 7) is 5.69. The molecule has 0 aromatic carbocycles. The molecule has 0 saturated heterocycles. The maximum absolute atomic E-state index is 11.9. The number of hydrogen-bond donors (Lipinski definition) is 2. The van der Waals surface area contributed by atoms with E-state index in [0.29, 0.717) is 12.1 Å². The standard InChI is InChI=1S/C12H17N3O2/c1-7-5-14-8(6-13-7)11(17)15-9-4-10(16)12(9,2)3/h5-6,9-10,16H,4H2,1-3H3,(H,15,17). The number of carbonyl (C=O) groups is 1. The van der Waals surface area contributed by atoms with Crippen molar-refractivity contribution in [1.29, 1.82) is 0 Å². The van der Waals surface area contributed by atoms with Crippen molar-refractivity contribution in [2.45, 2.75) is 39.3 Å². The van der Waals surface area contributed by atoms with E-state index in [9.17, 15) is 9.90 Å². The van der Waals surface area contributed by atoms with Crippen molar-refractivity contribution >= 4 is 5.91 Å². The fraction of sp³-hybridized carbons (Fsp3) is 0.583. The Labute approximate surface area is 100 Å². The third-order valence-electron chi connectivity index (χ3n) is 3.53. The van der Waals surface area contributed by atoms with Crippen molar-refractivity contribution in [1.82, 2.24) is 15.3 Å². The molecule has 17 heavy (non-hydrogen) atoms. The molecular formula is C12H17N3O2. The van der Waals surface area contributed by atoms with Gasteiger partial charge >= 0.3 is 0 Å². The third kappa shape index (κ3) is 2.15. The maximum Gasteiger partial charge on any atom is 0.271 e. The first-order valence-corrected chi connectivity index (χ1v) is 5.69. The summed E-state index contributed by atoms with van der Waals surface area (Å²) in [4.78, 5) is 19.9. The zero-order chi connectivity index (χ0) is 12.6. The van der Waals surface area contributed by atoms with Crippen molar-refractivity contribution in [3.8, 4) is 0 Å². The minimum Gasteiger partial charge on any atom is -0.392 e. The van der Waals surface area contributed by atoms with E-state index in [4.69, 9.17) is 0 Å². The molecule has 1 heterocycles. The quantitative estimate of drug-likeness (QED) is 0.790. The molecule has 5 heteroatoms. The highest BCUT2D eigenvalue weighted by molar-refractivity contribution is 5.92. The Hall–Kier alpha value is -1.49. The van der Waals surface area contributed by atoms with Gasteiger partial charge in [-0.15, -0.1) is 0 Å². The third-order valence-corrected chi connectivity index (χ3v) is 3.53. The topological polar surface area (TPSA) is 75.1 Å². The maximum atomic E-state index is 11.9. The zero-order valence-electron chi connectivity index (χ0n) is 10.3. The Balaban J connectivity index is 2.01. The summed E-state index contributed by atoms with van der Waals surface area (Å²) in [6, 6.07) is -0.00639. The smallest absolute Gasteiger partial charge is 0.271 e. The molecule has 5 nitrogen and oxygen atoms in total. The molecule has 0 aliphatic heterocycles. The Morgan fingerprint density at radius 3 is 2.65 bits per heavy atom. The first-order valence-electron chi connectivity index (χ1n) is 5.69. The molecule has 1 saturated carbocycles. The molecule has 1 aromatic rings. The van der Waals surface area contributed by atoms with Gasteiger partial charge in [0.15, 0.2) is 0 Å². The van der Waals surface area contributed by atoms with Crippen LogP contribution in [0.2, 0.25) is 0 Å². The van der Waals surface area contributed by atoms with Gasteiger partial charge in [0.2, 0.25) is 0 Å². The number of aromatic nitrogens is 2. The predicted octanol–water partition coefficient (Wildman–Crippen LogP) is 0.674. The highest BCUT2D eigenvalue weighted by atomic mass is 16.3. The normalized spacial score (nSPS) is 26.1. The molecule has 1 aromatic heterocycles. The van der Waals surface area contributed by atoms with E-state index in [-0.39, 0.29) is 23.5 Å². The number of nitrogens with one attached hydrogen (secondary N) is 1. The van der Waals surface area contributed by atoms with Gasteiger partial charge in [0, 0.05) is 17.7 Å². The molecule has 2 N–H and O–H groups in total. The number of aryl methyl sites for hydroxylation is 1. The number of carbonyl (C=O) groups excluding carboxylic acids is 1. The Bertz CT molecular complexity index is 428. The zero-order valence-corrected chi connectivity index (χ0v) is 10.3. The average molecular weight is 235 g/mol. The van der Waals surface area contributed by atoms with Crippen LogP contribution in [0.1, 0.15) is 36.5 Å². The van der Waals surface area contributed by atoms with E-state index < -0.39 is 0 Å². The number of rotatable bonds is 2. The Kier molecular flexibility index (Phi) is 2.87. The summed E-state index contributed by atoms with van der Waals surface area (Å²) in [5.41, 5.74) is 0.821. The van der Waals surface area contributed by atoms with Crippen LogP contribution in [0.25, 0.3) is 0 Å². The first-order chi connectivity index (χ1) is 7.91. The SMILES string of the molecule is Cc1cnc(C(=O)NC2CC(O)C2(C)C)cn1. The summed E-state index contributed by atoms with van der Waals surface area (Å²) >= 11 is 0. The van der Waals surface area contributed by atoms with Gasteiger partial charge in [0.05, 0.1) is 18.0 Å². The molecule has 2 unspecified atom stereocenters. The van der Waals surface area contributed by atoms with Crippen LogP contribution in [0.15, 0.2) is 12.4 Å². The minimum absolute atomic E-state index is 0.00639. The predicted molar refractivity (Wildman–Crippen MR) is 62.4 cm³/mol. The summed E-state index contributed by atoms with van der Waals surface area (Å²) in [6.07, 6.45) is 3.28. The monoisotopic (exact) mass is 235 g/mol. The van der Waals surface area contributed by atoms with Gasteiger partial charge < -0.3 is 10.4 Å². The number of aliphatic hydroxyl groups excluding tert-OH is 1. The Morgan fingerprint density at radius 1 is 1.47 bits per heavy atom. The molecule has 1 aliphatic carbocycles. The van der Waals surface area contributed by atoms with E-state index in [1.807, 2.05) is 20.8 Å². The van der Waals surface area contributed by atoms with Crippen LogP contribution in [0.4, 0.5) is 0 Å². The van der Waals surface area contributed by atoms with Crippen LogP contribution in [-0.4, -0.2) is 33.1 Å². The van der Waals surface area contributed by atoms with Crippen LogP contribution in [0.3, 0.4) is 0 Å². The summed E-state index contributed by atoms with van der Waals surface area (Å²) in [7, 11) is 0. The highest BCUT2D eigenvalue weighted by Crippen LogP contribution is 2.40. The van der Waals surface area contributed by atoms with Gasteiger partial charge in [-0.05, 0) is 13.3 Å². The van der Waals surface area contributed by atoms with E-state index in [1.54, 1.807) is 6.20 Å². The number of amides is 1. The first kappa shape index (κ1) is 12.0. The molecular weight excluding hydrogens is 218 g/mol. The molecule has 1 aliphatic rings.